The molecule has 0 aliphatic heterocycles. The first-order valence-corrected chi connectivity index (χ1v) is 6.43. The van der Waals surface area contributed by atoms with E-state index >= 15 is 0 Å². The van der Waals surface area contributed by atoms with Crippen molar-refractivity contribution in [3.05, 3.63) is 34.9 Å². The Morgan fingerprint density at radius 1 is 1.18 bits per heavy atom. The van der Waals surface area contributed by atoms with Gasteiger partial charge in [0.1, 0.15) is 0 Å². The summed E-state index contributed by atoms with van der Waals surface area (Å²) in [5.74, 6) is 0. The normalized spacial score (nSPS) is 14.6. The van der Waals surface area contributed by atoms with Gasteiger partial charge in [-0.1, -0.05) is 42.7 Å². The predicted molar refractivity (Wildman–Crippen MR) is 73.1 cm³/mol. The molecule has 0 aromatic heterocycles. The van der Waals surface area contributed by atoms with Gasteiger partial charge in [0.05, 0.1) is 6.61 Å². The fourth-order valence-electron chi connectivity index (χ4n) is 2.60. The second-order valence-electron chi connectivity index (χ2n) is 5.28. The van der Waals surface area contributed by atoms with Crippen molar-refractivity contribution >= 4 is 0 Å². The van der Waals surface area contributed by atoms with Gasteiger partial charge in [0.25, 0.3) is 0 Å². The van der Waals surface area contributed by atoms with E-state index in [0.717, 1.165) is 19.3 Å². The van der Waals surface area contributed by atoms with Gasteiger partial charge in [-0.15, -0.1) is 0 Å². The standard InChI is InChI=1S/C15H25NO/c1-4-5-15(10-16,11-17)9-14-7-12(2)6-13(3)8-14/h6-8,17H,4-5,9-11,16H2,1-3H3. The molecule has 0 saturated carbocycles. The number of aliphatic hydroxyl groups is 1. The molecule has 3 N–H and O–H groups in total. The lowest BCUT2D eigenvalue weighted by atomic mass is 9.78. The minimum atomic E-state index is -0.144. The Morgan fingerprint density at radius 3 is 2.18 bits per heavy atom. The molecule has 0 bridgehead atoms. The molecule has 0 spiro atoms. The number of hydrogen-bond acceptors (Lipinski definition) is 2. The molecule has 0 radical (unpaired) electrons. The Morgan fingerprint density at radius 2 is 1.76 bits per heavy atom. The first-order chi connectivity index (χ1) is 8.05. The zero-order chi connectivity index (χ0) is 12.9. The summed E-state index contributed by atoms with van der Waals surface area (Å²) < 4.78 is 0. The minimum absolute atomic E-state index is 0.144. The average molecular weight is 235 g/mol. The van der Waals surface area contributed by atoms with Crippen LogP contribution >= 0.6 is 0 Å². The summed E-state index contributed by atoms with van der Waals surface area (Å²) in [6.45, 7) is 7.08. The van der Waals surface area contributed by atoms with Gasteiger partial charge < -0.3 is 10.8 Å². The van der Waals surface area contributed by atoms with Crippen LogP contribution in [0.4, 0.5) is 0 Å². The lowest BCUT2D eigenvalue weighted by molar-refractivity contribution is 0.121. The van der Waals surface area contributed by atoms with Crippen LogP contribution in [0, 0.1) is 19.3 Å². The summed E-state index contributed by atoms with van der Waals surface area (Å²) in [7, 11) is 0. The highest BCUT2D eigenvalue weighted by Gasteiger charge is 2.27. The van der Waals surface area contributed by atoms with Crippen molar-refractivity contribution in [2.24, 2.45) is 11.1 Å². The Hall–Kier alpha value is -0.860. The molecule has 2 nitrogen and oxygen atoms in total. The third-order valence-corrected chi connectivity index (χ3v) is 3.41. The maximum Gasteiger partial charge on any atom is 0.0502 e. The van der Waals surface area contributed by atoms with E-state index in [2.05, 4.69) is 39.0 Å². The summed E-state index contributed by atoms with van der Waals surface area (Å²) >= 11 is 0. The highest BCUT2D eigenvalue weighted by molar-refractivity contribution is 5.29. The Bertz CT molecular complexity index is 336. The first kappa shape index (κ1) is 14.2. The second kappa shape index (κ2) is 6.18. The summed E-state index contributed by atoms with van der Waals surface area (Å²) in [4.78, 5) is 0. The lowest BCUT2D eigenvalue weighted by Gasteiger charge is -2.30. The molecule has 1 aromatic rings. The first-order valence-electron chi connectivity index (χ1n) is 6.43. The lowest BCUT2D eigenvalue weighted by Crippen LogP contribution is -2.36. The largest absolute Gasteiger partial charge is 0.396 e. The summed E-state index contributed by atoms with van der Waals surface area (Å²) in [6.07, 6.45) is 2.91. The smallest absolute Gasteiger partial charge is 0.0502 e. The number of aliphatic hydroxyl groups excluding tert-OH is 1. The van der Waals surface area contributed by atoms with Crippen molar-refractivity contribution in [2.75, 3.05) is 13.2 Å². The van der Waals surface area contributed by atoms with Crippen molar-refractivity contribution < 1.29 is 5.11 Å². The second-order valence-corrected chi connectivity index (χ2v) is 5.28. The van der Waals surface area contributed by atoms with Gasteiger partial charge >= 0.3 is 0 Å². The molecule has 0 aliphatic rings. The third-order valence-electron chi connectivity index (χ3n) is 3.41. The molecule has 1 rings (SSSR count). The van der Waals surface area contributed by atoms with Crippen LogP contribution in [0.3, 0.4) is 0 Å². The maximum atomic E-state index is 9.63. The van der Waals surface area contributed by atoms with E-state index in [1.807, 2.05) is 0 Å². The van der Waals surface area contributed by atoms with Crippen molar-refractivity contribution in [1.82, 2.24) is 0 Å². The van der Waals surface area contributed by atoms with Crippen LogP contribution in [0.5, 0.6) is 0 Å². The molecule has 0 heterocycles. The minimum Gasteiger partial charge on any atom is -0.396 e. The molecule has 0 aliphatic carbocycles. The van der Waals surface area contributed by atoms with Gasteiger partial charge in [-0.25, -0.2) is 0 Å². The van der Waals surface area contributed by atoms with E-state index in [1.54, 1.807) is 0 Å². The van der Waals surface area contributed by atoms with Gasteiger partial charge in [-0.2, -0.15) is 0 Å². The zero-order valence-electron chi connectivity index (χ0n) is 11.3. The fourth-order valence-corrected chi connectivity index (χ4v) is 2.60. The topological polar surface area (TPSA) is 46.2 Å². The van der Waals surface area contributed by atoms with Gasteiger partial charge in [0, 0.05) is 12.0 Å². The molecule has 96 valence electrons. The molecular formula is C15H25NO. The van der Waals surface area contributed by atoms with Crippen molar-refractivity contribution in [3.63, 3.8) is 0 Å². The van der Waals surface area contributed by atoms with Gasteiger partial charge in [0.2, 0.25) is 0 Å². The monoisotopic (exact) mass is 235 g/mol. The van der Waals surface area contributed by atoms with E-state index in [1.165, 1.54) is 16.7 Å². The van der Waals surface area contributed by atoms with E-state index in [0.29, 0.717) is 6.54 Å². The molecule has 1 unspecified atom stereocenters. The summed E-state index contributed by atoms with van der Waals surface area (Å²) in [5, 5.41) is 9.63. The predicted octanol–water partition coefficient (Wildman–Crippen LogP) is 2.58. The van der Waals surface area contributed by atoms with Crippen LogP contribution in [-0.4, -0.2) is 18.3 Å². The third kappa shape index (κ3) is 3.83. The molecule has 0 fully saturated rings. The average Bonchev–Trinajstić information content (AvgIpc) is 2.27. The SMILES string of the molecule is CCCC(CN)(CO)Cc1cc(C)cc(C)c1. The maximum absolute atomic E-state index is 9.63. The van der Waals surface area contributed by atoms with Gasteiger partial charge in [0.15, 0.2) is 0 Å². The van der Waals surface area contributed by atoms with Crippen molar-refractivity contribution in [2.45, 2.75) is 40.0 Å². The highest BCUT2D eigenvalue weighted by atomic mass is 16.3. The molecule has 0 saturated heterocycles. The summed E-state index contributed by atoms with van der Waals surface area (Å²) in [5.41, 5.74) is 9.57. The Labute approximate surface area is 105 Å². The van der Waals surface area contributed by atoms with Crippen molar-refractivity contribution in [3.8, 4) is 0 Å². The number of aryl methyl sites for hydroxylation is 2. The van der Waals surface area contributed by atoms with Crippen LogP contribution in [-0.2, 0) is 6.42 Å². The van der Waals surface area contributed by atoms with Gasteiger partial charge in [-0.3, -0.25) is 0 Å². The van der Waals surface area contributed by atoms with E-state index in [9.17, 15) is 5.11 Å². The van der Waals surface area contributed by atoms with E-state index in [4.69, 9.17) is 5.73 Å². The number of benzene rings is 1. The number of nitrogens with two attached hydrogens (primary N) is 1. The molecule has 0 amide bonds. The Kier molecular flexibility index (Phi) is 5.16. The van der Waals surface area contributed by atoms with E-state index < -0.39 is 0 Å². The molecule has 1 aromatic carbocycles. The quantitative estimate of drug-likeness (QED) is 0.796. The van der Waals surface area contributed by atoms with Crippen LogP contribution in [0.25, 0.3) is 0 Å². The zero-order valence-corrected chi connectivity index (χ0v) is 11.3. The van der Waals surface area contributed by atoms with Crippen LogP contribution in [0.15, 0.2) is 18.2 Å². The molecule has 2 heteroatoms. The van der Waals surface area contributed by atoms with E-state index in [-0.39, 0.29) is 12.0 Å². The van der Waals surface area contributed by atoms with Crippen LogP contribution < -0.4 is 5.73 Å². The fraction of sp³-hybridized carbons (Fsp3) is 0.600. The molecule has 17 heavy (non-hydrogen) atoms. The molecular weight excluding hydrogens is 210 g/mol. The highest BCUT2D eigenvalue weighted by Crippen LogP contribution is 2.28. The summed E-state index contributed by atoms with van der Waals surface area (Å²) in [6, 6.07) is 6.57. The Balaban J connectivity index is 2.92. The van der Waals surface area contributed by atoms with Crippen LogP contribution in [0.1, 0.15) is 36.5 Å². The van der Waals surface area contributed by atoms with Crippen molar-refractivity contribution in [1.29, 1.82) is 0 Å². The number of hydrogen-bond donors (Lipinski definition) is 2. The van der Waals surface area contributed by atoms with Gasteiger partial charge in [-0.05, 0) is 32.3 Å². The number of rotatable bonds is 6. The molecule has 1 atom stereocenters. The van der Waals surface area contributed by atoms with Crippen LogP contribution in [0.2, 0.25) is 0 Å².